The lowest BCUT2D eigenvalue weighted by molar-refractivity contribution is 0.812. The molecule has 10 aromatic rings. The first-order valence-electron chi connectivity index (χ1n) is 22.2. The maximum atomic E-state index is 2.54. The first kappa shape index (κ1) is 37.8. The monoisotopic (exact) mass is 798 g/mol. The van der Waals surface area contributed by atoms with Crippen molar-refractivity contribution in [1.29, 1.82) is 0 Å². The molecule has 11 rings (SSSR count). The van der Waals surface area contributed by atoms with Crippen LogP contribution in [0.4, 0.5) is 34.1 Å². The molecule has 0 aromatic heterocycles. The van der Waals surface area contributed by atoms with E-state index in [9.17, 15) is 0 Å². The van der Waals surface area contributed by atoms with E-state index in [2.05, 4.69) is 238 Å². The molecule has 0 saturated carbocycles. The van der Waals surface area contributed by atoms with Gasteiger partial charge in [-0.1, -0.05) is 167 Å². The molecule has 2 nitrogen and oxygen atoms in total. The standard InChI is InChI=1S/C60H50N2/c1-39(2)54-37-55(40(3)4)51-32-33-53-58-38-57(52-31-30-50(54)59(51)60(52)53)56(44-19-10-6-11-20-44)35-41-16-14-23-47(34-41)61(46-28-26-43(27-29-46)42-17-8-5-9-18-42)48-24-15-25-49(36-48)62(58)45-21-12-7-13-22-45/h5-34,36-40,56H,35H2,1-4H3. The van der Waals surface area contributed by atoms with Crippen LogP contribution in [0.2, 0.25) is 0 Å². The van der Waals surface area contributed by atoms with Crippen LogP contribution in [0, 0.1) is 0 Å². The topological polar surface area (TPSA) is 6.48 Å². The van der Waals surface area contributed by atoms with Gasteiger partial charge in [0.1, 0.15) is 0 Å². The average molecular weight is 799 g/mol. The van der Waals surface area contributed by atoms with Crippen molar-refractivity contribution < 1.29 is 0 Å². The summed E-state index contributed by atoms with van der Waals surface area (Å²) in [6, 6.07) is 75.0. The van der Waals surface area contributed by atoms with E-state index < -0.39 is 0 Å². The number of para-hydroxylation sites is 1. The van der Waals surface area contributed by atoms with Crippen LogP contribution in [0.15, 0.2) is 200 Å². The molecule has 1 atom stereocenters. The molecule has 0 spiro atoms. The average Bonchev–Trinajstić information content (AvgIpc) is 3.31. The number of nitrogens with zero attached hydrogens (tertiary/aromatic N) is 2. The van der Waals surface area contributed by atoms with Gasteiger partial charge in [0.05, 0.1) is 5.69 Å². The molecule has 0 amide bonds. The van der Waals surface area contributed by atoms with E-state index in [4.69, 9.17) is 0 Å². The molecule has 6 bridgehead atoms. The second-order valence-electron chi connectivity index (χ2n) is 17.7. The zero-order chi connectivity index (χ0) is 41.9. The van der Waals surface area contributed by atoms with Gasteiger partial charge in [0.25, 0.3) is 0 Å². The molecular weight excluding hydrogens is 749 g/mol. The largest absolute Gasteiger partial charge is 0.310 e. The van der Waals surface area contributed by atoms with E-state index >= 15 is 0 Å². The Morgan fingerprint density at radius 1 is 0.387 bits per heavy atom. The second kappa shape index (κ2) is 15.4. The molecule has 2 heteroatoms. The highest BCUT2D eigenvalue weighted by Gasteiger charge is 2.28. The van der Waals surface area contributed by atoms with Crippen LogP contribution in [0.25, 0.3) is 43.4 Å². The zero-order valence-corrected chi connectivity index (χ0v) is 35.9. The van der Waals surface area contributed by atoms with Crippen LogP contribution in [-0.2, 0) is 6.42 Å². The first-order valence-corrected chi connectivity index (χ1v) is 22.2. The summed E-state index contributed by atoms with van der Waals surface area (Å²) in [6.45, 7) is 9.39. The molecule has 1 unspecified atom stereocenters. The Bertz CT molecular complexity index is 3180. The van der Waals surface area contributed by atoms with E-state index in [0.717, 1.165) is 34.9 Å². The van der Waals surface area contributed by atoms with Crippen molar-refractivity contribution in [3.8, 4) is 11.1 Å². The van der Waals surface area contributed by atoms with Crippen LogP contribution in [0.3, 0.4) is 0 Å². The smallest absolute Gasteiger partial charge is 0.0543 e. The third kappa shape index (κ3) is 6.41. The molecular formula is C60H50N2. The summed E-state index contributed by atoms with van der Waals surface area (Å²) in [5, 5.41) is 8.08. The van der Waals surface area contributed by atoms with Crippen LogP contribution in [-0.4, -0.2) is 0 Å². The Labute approximate surface area is 365 Å². The maximum absolute atomic E-state index is 2.54. The summed E-state index contributed by atoms with van der Waals surface area (Å²) < 4.78 is 0. The van der Waals surface area contributed by atoms with Crippen molar-refractivity contribution >= 4 is 66.4 Å². The van der Waals surface area contributed by atoms with Gasteiger partial charge in [0.15, 0.2) is 0 Å². The second-order valence-corrected chi connectivity index (χ2v) is 17.7. The van der Waals surface area contributed by atoms with Gasteiger partial charge in [0.2, 0.25) is 0 Å². The Balaban J connectivity index is 1.25. The SMILES string of the molecule is CC(C)c1cc(C(C)C)c2ccc3c4cc(c5ccc1c2c53)C(c1ccccc1)Cc1cccc(c1)N(c1ccc(-c2ccccc2)cc1)c1cccc(c1)N4c1ccccc1. The molecule has 1 heterocycles. The predicted molar refractivity (Wildman–Crippen MR) is 265 cm³/mol. The third-order valence-corrected chi connectivity index (χ3v) is 13.2. The summed E-state index contributed by atoms with van der Waals surface area (Å²) >= 11 is 0. The molecule has 0 aliphatic carbocycles. The fourth-order valence-corrected chi connectivity index (χ4v) is 10.3. The summed E-state index contributed by atoms with van der Waals surface area (Å²) in [5.41, 5.74) is 16.0. The summed E-state index contributed by atoms with van der Waals surface area (Å²) in [4.78, 5) is 4.94. The lowest BCUT2D eigenvalue weighted by atomic mass is 9.79. The number of benzene rings is 10. The molecule has 0 saturated heterocycles. The molecule has 300 valence electrons. The Morgan fingerprint density at radius 2 is 0.887 bits per heavy atom. The van der Waals surface area contributed by atoms with E-state index in [1.54, 1.807) is 0 Å². The third-order valence-electron chi connectivity index (χ3n) is 13.2. The maximum Gasteiger partial charge on any atom is 0.0543 e. The van der Waals surface area contributed by atoms with E-state index in [1.165, 1.54) is 76.9 Å². The molecule has 0 radical (unpaired) electrons. The van der Waals surface area contributed by atoms with Crippen molar-refractivity contribution in [2.75, 3.05) is 9.80 Å². The molecule has 1 aliphatic rings. The minimum absolute atomic E-state index is 0.0870. The van der Waals surface area contributed by atoms with Crippen LogP contribution >= 0.6 is 0 Å². The molecule has 0 N–H and O–H groups in total. The van der Waals surface area contributed by atoms with Crippen LogP contribution in [0.1, 0.15) is 73.3 Å². The number of fused-ring (bicyclic) bond motifs is 8. The normalized spacial score (nSPS) is 14.1. The highest BCUT2D eigenvalue weighted by Crippen LogP contribution is 2.51. The van der Waals surface area contributed by atoms with Gasteiger partial charge < -0.3 is 9.80 Å². The Morgan fingerprint density at radius 3 is 1.55 bits per heavy atom. The Kier molecular flexibility index (Phi) is 9.38. The lowest BCUT2D eigenvalue weighted by Gasteiger charge is -2.31. The van der Waals surface area contributed by atoms with Crippen molar-refractivity contribution in [3.63, 3.8) is 0 Å². The molecule has 62 heavy (non-hydrogen) atoms. The van der Waals surface area contributed by atoms with E-state index in [1.807, 2.05) is 0 Å². The van der Waals surface area contributed by atoms with E-state index in [-0.39, 0.29) is 5.92 Å². The van der Waals surface area contributed by atoms with Gasteiger partial charge in [-0.25, -0.2) is 0 Å². The van der Waals surface area contributed by atoms with Gasteiger partial charge in [-0.15, -0.1) is 0 Å². The molecule has 1 aliphatic heterocycles. The summed E-state index contributed by atoms with van der Waals surface area (Å²) in [5.74, 6) is 0.870. The van der Waals surface area contributed by atoms with Crippen molar-refractivity contribution in [2.45, 2.75) is 51.9 Å². The van der Waals surface area contributed by atoms with Gasteiger partial charge in [-0.05, 0) is 145 Å². The summed E-state index contributed by atoms with van der Waals surface area (Å²) in [6.07, 6.45) is 0.847. The quantitative estimate of drug-likeness (QED) is 0.155. The molecule has 0 fully saturated rings. The van der Waals surface area contributed by atoms with Gasteiger partial charge >= 0.3 is 0 Å². The van der Waals surface area contributed by atoms with Crippen LogP contribution < -0.4 is 9.80 Å². The first-order chi connectivity index (χ1) is 30.4. The minimum atomic E-state index is 0.0870. The number of anilines is 6. The van der Waals surface area contributed by atoms with Gasteiger partial charge in [-0.3, -0.25) is 0 Å². The number of hydrogen-bond acceptors (Lipinski definition) is 2. The van der Waals surface area contributed by atoms with Crippen molar-refractivity contribution in [3.05, 3.63) is 228 Å². The van der Waals surface area contributed by atoms with Crippen LogP contribution in [0.5, 0.6) is 0 Å². The lowest BCUT2D eigenvalue weighted by Crippen LogP contribution is -2.14. The molecule has 10 aromatic carbocycles. The summed E-state index contributed by atoms with van der Waals surface area (Å²) in [7, 11) is 0. The van der Waals surface area contributed by atoms with Crippen molar-refractivity contribution in [1.82, 2.24) is 0 Å². The number of hydrogen-bond donors (Lipinski definition) is 0. The van der Waals surface area contributed by atoms with E-state index in [0.29, 0.717) is 11.8 Å². The van der Waals surface area contributed by atoms with Crippen molar-refractivity contribution in [2.24, 2.45) is 0 Å². The predicted octanol–water partition coefficient (Wildman–Crippen LogP) is 17.1. The zero-order valence-electron chi connectivity index (χ0n) is 35.9. The Hall–Kier alpha value is -7.16. The fraction of sp³-hybridized carbons (Fsp3) is 0.133. The number of rotatable bonds is 6. The minimum Gasteiger partial charge on any atom is -0.310 e. The highest BCUT2D eigenvalue weighted by molar-refractivity contribution is 6.27. The van der Waals surface area contributed by atoms with Gasteiger partial charge in [-0.2, -0.15) is 0 Å². The van der Waals surface area contributed by atoms with Gasteiger partial charge in [0, 0.05) is 39.7 Å². The highest BCUT2D eigenvalue weighted by atomic mass is 15.2. The fourth-order valence-electron chi connectivity index (χ4n) is 10.3.